The fourth-order valence-electron chi connectivity index (χ4n) is 3.04. The second kappa shape index (κ2) is 7.38. The lowest BCUT2D eigenvalue weighted by atomic mass is 10.0. The van der Waals surface area contributed by atoms with Gasteiger partial charge < -0.3 is 15.0 Å². The van der Waals surface area contributed by atoms with Gasteiger partial charge >= 0.3 is 6.03 Å². The van der Waals surface area contributed by atoms with Gasteiger partial charge in [-0.25, -0.2) is 9.36 Å². The van der Waals surface area contributed by atoms with Crippen LogP contribution in [-0.4, -0.2) is 47.6 Å². The molecule has 1 fully saturated rings. The van der Waals surface area contributed by atoms with Crippen LogP contribution in [0.5, 0.6) is 5.75 Å². The molecule has 0 radical (unpaired) electrons. The number of rotatable bonds is 3. The molecule has 1 aromatic carbocycles. The van der Waals surface area contributed by atoms with Crippen LogP contribution in [0.15, 0.2) is 43.0 Å². The maximum absolute atomic E-state index is 12.5. The van der Waals surface area contributed by atoms with E-state index in [1.807, 2.05) is 34.8 Å². The number of carbonyl (C=O) groups excluding carboxylic acids is 2. The first-order valence-corrected chi connectivity index (χ1v) is 8.35. The standard InChI is InChI=1S/C18H22N4O3/c1-20-11-12-22(13-20)18(24)21-9-7-14(8-10-21)19-17(23)15-5-3-4-6-16(15)25-2/h3-6,11-14H,7-10H2,1-2H3/p+1. The van der Waals surface area contributed by atoms with Crippen LogP contribution in [-0.2, 0) is 7.05 Å². The number of likely N-dealkylation sites (tertiary alicyclic amines) is 1. The van der Waals surface area contributed by atoms with Crippen LogP contribution in [0.2, 0.25) is 0 Å². The van der Waals surface area contributed by atoms with Gasteiger partial charge in [-0.15, -0.1) is 0 Å². The highest BCUT2D eigenvalue weighted by Gasteiger charge is 2.27. The predicted octanol–water partition coefficient (Wildman–Crippen LogP) is 1.18. The Morgan fingerprint density at radius 3 is 2.60 bits per heavy atom. The average molecular weight is 343 g/mol. The summed E-state index contributed by atoms with van der Waals surface area (Å²) in [5, 5.41) is 3.05. The molecule has 0 saturated carbocycles. The maximum atomic E-state index is 12.5. The summed E-state index contributed by atoms with van der Waals surface area (Å²) < 4.78 is 8.65. The third kappa shape index (κ3) is 3.81. The zero-order valence-corrected chi connectivity index (χ0v) is 14.5. The summed E-state index contributed by atoms with van der Waals surface area (Å²) in [6, 6.07) is 7.19. The maximum Gasteiger partial charge on any atom is 0.415 e. The number of ether oxygens (including phenoxy) is 1. The molecule has 0 unspecified atom stereocenters. The van der Waals surface area contributed by atoms with Crippen LogP contribution in [0.4, 0.5) is 4.79 Å². The summed E-state index contributed by atoms with van der Waals surface area (Å²) in [4.78, 5) is 26.7. The lowest BCUT2D eigenvalue weighted by molar-refractivity contribution is -0.670. The van der Waals surface area contributed by atoms with Crippen molar-refractivity contribution in [2.24, 2.45) is 7.05 Å². The molecule has 7 heteroatoms. The molecule has 25 heavy (non-hydrogen) atoms. The molecule has 132 valence electrons. The zero-order valence-electron chi connectivity index (χ0n) is 14.5. The zero-order chi connectivity index (χ0) is 17.8. The summed E-state index contributed by atoms with van der Waals surface area (Å²) >= 11 is 0. The first-order chi connectivity index (χ1) is 12.1. The number of aryl methyl sites for hydroxylation is 1. The van der Waals surface area contributed by atoms with E-state index in [1.165, 1.54) is 0 Å². The highest BCUT2D eigenvalue weighted by Crippen LogP contribution is 2.18. The predicted molar refractivity (Wildman–Crippen MR) is 91.5 cm³/mol. The first kappa shape index (κ1) is 17.0. The number of benzene rings is 1. The van der Waals surface area contributed by atoms with Gasteiger partial charge in [-0.2, -0.15) is 4.57 Å². The Labute approximate surface area is 146 Å². The van der Waals surface area contributed by atoms with Gasteiger partial charge in [0.05, 0.1) is 19.7 Å². The molecular formula is C18H23N4O3+. The van der Waals surface area contributed by atoms with Crippen molar-refractivity contribution in [1.29, 1.82) is 0 Å². The fourth-order valence-corrected chi connectivity index (χ4v) is 3.04. The Balaban J connectivity index is 1.56. The average Bonchev–Trinajstić information content (AvgIpc) is 3.08. The van der Waals surface area contributed by atoms with E-state index < -0.39 is 0 Å². The fraction of sp³-hybridized carbons (Fsp3) is 0.389. The van der Waals surface area contributed by atoms with Crippen LogP contribution < -0.4 is 14.6 Å². The van der Waals surface area contributed by atoms with Gasteiger partial charge in [0.15, 0.2) is 0 Å². The summed E-state index contributed by atoms with van der Waals surface area (Å²) in [6.45, 7) is 1.25. The number of para-hydroxylation sites is 1. The van der Waals surface area contributed by atoms with E-state index in [4.69, 9.17) is 4.74 Å². The van der Waals surface area contributed by atoms with Crippen molar-refractivity contribution >= 4 is 11.9 Å². The molecule has 2 amide bonds. The minimum Gasteiger partial charge on any atom is -0.496 e. The molecular weight excluding hydrogens is 320 g/mol. The van der Waals surface area contributed by atoms with Crippen LogP contribution in [0.1, 0.15) is 23.2 Å². The topological polar surface area (TPSA) is 67.5 Å². The van der Waals surface area contributed by atoms with Crippen molar-refractivity contribution in [1.82, 2.24) is 14.8 Å². The number of nitrogens with zero attached hydrogens (tertiary/aromatic N) is 3. The number of nitrogens with one attached hydrogen (secondary N) is 1. The molecule has 1 aromatic heterocycles. The van der Waals surface area contributed by atoms with Crippen LogP contribution in [0.25, 0.3) is 0 Å². The van der Waals surface area contributed by atoms with Crippen molar-refractivity contribution in [3.05, 3.63) is 48.5 Å². The molecule has 0 bridgehead atoms. The Morgan fingerprint density at radius 1 is 1.24 bits per heavy atom. The number of hydrogen-bond acceptors (Lipinski definition) is 3. The highest BCUT2D eigenvalue weighted by atomic mass is 16.5. The van der Waals surface area contributed by atoms with Crippen molar-refractivity contribution in [3.63, 3.8) is 0 Å². The van der Waals surface area contributed by atoms with Gasteiger partial charge in [-0.05, 0) is 25.0 Å². The smallest absolute Gasteiger partial charge is 0.415 e. The largest absolute Gasteiger partial charge is 0.496 e. The minimum absolute atomic E-state index is 0.0323. The summed E-state index contributed by atoms with van der Waals surface area (Å²) in [5.41, 5.74) is 0.531. The summed E-state index contributed by atoms with van der Waals surface area (Å²) in [5.74, 6) is 0.424. The molecule has 0 atom stereocenters. The van der Waals surface area contributed by atoms with Crippen LogP contribution in [0, 0.1) is 0 Å². The molecule has 0 aliphatic carbocycles. The van der Waals surface area contributed by atoms with E-state index in [0.717, 1.165) is 12.8 Å². The third-order valence-electron chi connectivity index (χ3n) is 4.44. The number of methoxy groups -OCH3 is 1. The van der Waals surface area contributed by atoms with Crippen molar-refractivity contribution in [3.8, 4) is 5.75 Å². The van der Waals surface area contributed by atoms with Gasteiger partial charge in [0.2, 0.25) is 0 Å². The van der Waals surface area contributed by atoms with Crippen molar-refractivity contribution in [2.75, 3.05) is 20.2 Å². The number of carbonyl (C=O) groups is 2. The van der Waals surface area contributed by atoms with E-state index in [2.05, 4.69) is 5.32 Å². The molecule has 1 N–H and O–H groups in total. The molecule has 0 spiro atoms. The molecule has 2 heterocycles. The van der Waals surface area contributed by atoms with Gasteiger partial charge in [0, 0.05) is 19.1 Å². The van der Waals surface area contributed by atoms with E-state index in [0.29, 0.717) is 24.4 Å². The van der Waals surface area contributed by atoms with Crippen molar-refractivity contribution < 1.29 is 18.9 Å². The molecule has 1 saturated heterocycles. The number of aromatic nitrogens is 2. The second-order valence-corrected chi connectivity index (χ2v) is 6.20. The molecule has 3 rings (SSSR count). The Hall–Kier alpha value is -2.83. The summed E-state index contributed by atoms with van der Waals surface area (Å²) in [7, 11) is 3.43. The Bertz CT molecular complexity index is 763. The first-order valence-electron chi connectivity index (χ1n) is 8.35. The molecule has 1 aliphatic rings. The normalized spacial score (nSPS) is 15.0. The van der Waals surface area contributed by atoms with E-state index in [9.17, 15) is 9.59 Å². The SMILES string of the molecule is COc1ccccc1C(=O)NC1CCN(C(=O)n2cc[n+](C)c2)CC1. The monoisotopic (exact) mass is 343 g/mol. The highest BCUT2D eigenvalue weighted by molar-refractivity contribution is 5.97. The number of amides is 2. The summed E-state index contributed by atoms with van der Waals surface area (Å²) in [6.07, 6.45) is 6.80. The van der Waals surface area contributed by atoms with Crippen LogP contribution in [0.3, 0.4) is 0 Å². The van der Waals surface area contributed by atoms with Gasteiger partial charge in [-0.3, -0.25) is 4.79 Å². The van der Waals surface area contributed by atoms with Gasteiger partial charge in [-0.1, -0.05) is 12.1 Å². The van der Waals surface area contributed by atoms with Crippen molar-refractivity contribution in [2.45, 2.75) is 18.9 Å². The lowest BCUT2D eigenvalue weighted by Gasteiger charge is -2.30. The molecule has 7 nitrogen and oxygen atoms in total. The molecule has 1 aliphatic heterocycles. The molecule has 2 aromatic rings. The van der Waals surface area contributed by atoms with E-state index >= 15 is 0 Å². The van der Waals surface area contributed by atoms with E-state index in [1.54, 1.807) is 36.3 Å². The third-order valence-corrected chi connectivity index (χ3v) is 4.44. The van der Waals surface area contributed by atoms with Crippen LogP contribution >= 0.6 is 0 Å². The Morgan fingerprint density at radius 2 is 1.96 bits per heavy atom. The van der Waals surface area contributed by atoms with Gasteiger partial charge in [0.25, 0.3) is 12.2 Å². The number of imidazole rings is 1. The lowest BCUT2D eigenvalue weighted by Crippen LogP contribution is -2.47. The number of piperidine rings is 1. The Kier molecular flexibility index (Phi) is 5.02. The minimum atomic E-state index is -0.139. The van der Waals surface area contributed by atoms with Gasteiger partial charge in [0.1, 0.15) is 18.1 Å². The quantitative estimate of drug-likeness (QED) is 0.851. The number of hydrogen-bond donors (Lipinski definition) is 1. The van der Waals surface area contributed by atoms with E-state index in [-0.39, 0.29) is 18.0 Å². The second-order valence-electron chi connectivity index (χ2n) is 6.20.